The SMILES string of the molecule is CCCc1cn(-c2ccc3c(c2)OC(F)(F)O3)nn1. The summed E-state index contributed by atoms with van der Waals surface area (Å²) in [5.41, 5.74) is 1.44. The van der Waals surface area contributed by atoms with Gasteiger partial charge in [-0.25, -0.2) is 4.68 Å². The number of aryl methyl sites for hydroxylation is 1. The van der Waals surface area contributed by atoms with Crippen LogP contribution in [0.15, 0.2) is 24.4 Å². The lowest BCUT2D eigenvalue weighted by Crippen LogP contribution is -2.25. The first-order valence-electron chi connectivity index (χ1n) is 5.89. The van der Waals surface area contributed by atoms with Crippen LogP contribution in [0.5, 0.6) is 11.5 Å². The largest absolute Gasteiger partial charge is 0.586 e. The summed E-state index contributed by atoms with van der Waals surface area (Å²) in [6.45, 7) is 2.04. The number of alkyl halides is 2. The first-order valence-corrected chi connectivity index (χ1v) is 5.89. The van der Waals surface area contributed by atoms with Crippen LogP contribution in [0.3, 0.4) is 0 Å². The predicted octanol–water partition coefficient (Wildman–Crippen LogP) is 2.54. The summed E-state index contributed by atoms with van der Waals surface area (Å²) >= 11 is 0. The molecular weight excluding hydrogens is 256 g/mol. The molecule has 1 aromatic carbocycles. The molecule has 0 saturated carbocycles. The van der Waals surface area contributed by atoms with E-state index in [0.717, 1.165) is 18.5 Å². The minimum Gasteiger partial charge on any atom is -0.395 e. The molecule has 0 fully saturated rings. The van der Waals surface area contributed by atoms with Crippen molar-refractivity contribution >= 4 is 0 Å². The Labute approximate surface area is 107 Å². The first-order chi connectivity index (χ1) is 9.07. The Kier molecular flexibility index (Phi) is 2.62. The highest BCUT2D eigenvalue weighted by Gasteiger charge is 2.43. The molecular formula is C12H11F2N3O2. The lowest BCUT2D eigenvalue weighted by Gasteiger charge is -2.04. The third kappa shape index (κ3) is 2.23. The number of hydrogen-bond donors (Lipinski definition) is 0. The van der Waals surface area contributed by atoms with E-state index < -0.39 is 6.29 Å². The van der Waals surface area contributed by atoms with E-state index in [1.807, 2.05) is 6.92 Å². The molecule has 0 radical (unpaired) electrons. The Morgan fingerprint density at radius 2 is 2.05 bits per heavy atom. The van der Waals surface area contributed by atoms with Gasteiger partial charge in [-0.05, 0) is 18.6 Å². The Morgan fingerprint density at radius 1 is 1.26 bits per heavy atom. The average molecular weight is 267 g/mol. The smallest absolute Gasteiger partial charge is 0.395 e. The third-order valence-corrected chi connectivity index (χ3v) is 2.70. The topological polar surface area (TPSA) is 49.2 Å². The highest BCUT2D eigenvalue weighted by atomic mass is 19.3. The highest BCUT2D eigenvalue weighted by Crippen LogP contribution is 2.41. The normalized spacial score (nSPS) is 15.7. The summed E-state index contributed by atoms with van der Waals surface area (Å²) in [6.07, 6.45) is -0.0510. The summed E-state index contributed by atoms with van der Waals surface area (Å²) in [4.78, 5) is 0. The Morgan fingerprint density at radius 3 is 2.84 bits per heavy atom. The van der Waals surface area contributed by atoms with Gasteiger partial charge >= 0.3 is 6.29 Å². The van der Waals surface area contributed by atoms with Gasteiger partial charge in [0, 0.05) is 6.07 Å². The molecule has 0 amide bonds. The number of nitrogens with zero attached hydrogens (tertiary/aromatic N) is 3. The molecule has 19 heavy (non-hydrogen) atoms. The molecule has 100 valence electrons. The first kappa shape index (κ1) is 11.9. The van der Waals surface area contributed by atoms with Gasteiger partial charge < -0.3 is 9.47 Å². The molecule has 2 aromatic rings. The van der Waals surface area contributed by atoms with E-state index >= 15 is 0 Å². The number of fused-ring (bicyclic) bond motifs is 1. The molecule has 0 aliphatic carbocycles. The molecule has 0 saturated heterocycles. The van der Waals surface area contributed by atoms with Crippen LogP contribution in [0.2, 0.25) is 0 Å². The molecule has 7 heteroatoms. The summed E-state index contributed by atoms with van der Waals surface area (Å²) in [5, 5.41) is 7.95. The fourth-order valence-corrected chi connectivity index (χ4v) is 1.88. The molecule has 3 rings (SSSR count). The summed E-state index contributed by atoms with van der Waals surface area (Å²) in [5.74, 6) is 0.0117. The zero-order chi connectivity index (χ0) is 13.5. The van der Waals surface area contributed by atoms with Gasteiger partial charge in [0.25, 0.3) is 0 Å². The second kappa shape index (κ2) is 4.18. The van der Waals surface area contributed by atoms with Crippen LogP contribution in [0.25, 0.3) is 5.69 Å². The lowest BCUT2D eigenvalue weighted by atomic mass is 10.2. The van der Waals surface area contributed by atoms with E-state index in [9.17, 15) is 8.78 Å². The van der Waals surface area contributed by atoms with Gasteiger partial charge in [0.1, 0.15) is 0 Å². The standard InChI is InChI=1S/C12H11F2N3O2/c1-2-3-8-7-17(16-15-8)9-4-5-10-11(6-9)19-12(13,14)18-10/h4-7H,2-3H2,1H3. The maximum atomic E-state index is 12.9. The van der Waals surface area contributed by atoms with Crippen LogP contribution in [-0.4, -0.2) is 21.3 Å². The third-order valence-electron chi connectivity index (χ3n) is 2.70. The van der Waals surface area contributed by atoms with Crippen LogP contribution in [0.4, 0.5) is 8.78 Å². The zero-order valence-electron chi connectivity index (χ0n) is 10.1. The van der Waals surface area contributed by atoms with Crippen molar-refractivity contribution < 1.29 is 18.3 Å². The van der Waals surface area contributed by atoms with E-state index in [1.54, 1.807) is 12.3 Å². The van der Waals surface area contributed by atoms with Gasteiger partial charge in [-0.3, -0.25) is 0 Å². The monoisotopic (exact) mass is 267 g/mol. The zero-order valence-corrected chi connectivity index (χ0v) is 10.1. The van der Waals surface area contributed by atoms with Gasteiger partial charge in [-0.1, -0.05) is 18.6 Å². The van der Waals surface area contributed by atoms with Crippen LogP contribution in [-0.2, 0) is 6.42 Å². The summed E-state index contributed by atoms with van der Waals surface area (Å²) in [6, 6.07) is 4.49. The molecule has 0 spiro atoms. The predicted molar refractivity (Wildman–Crippen MR) is 61.6 cm³/mol. The van der Waals surface area contributed by atoms with E-state index in [4.69, 9.17) is 0 Å². The van der Waals surface area contributed by atoms with Crippen molar-refractivity contribution in [3.8, 4) is 17.2 Å². The van der Waals surface area contributed by atoms with Crippen molar-refractivity contribution in [2.24, 2.45) is 0 Å². The Balaban J connectivity index is 1.90. The number of rotatable bonds is 3. The quantitative estimate of drug-likeness (QED) is 0.857. The van der Waals surface area contributed by atoms with Gasteiger partial charge in [-0.2, -0.15) is 0 Å². The fraction of sp³-hybridized carbons (Fsp3) is 0.333. The van der Waals surface area contributed by atoms with Crippen LogP contribution in [0, 0.1) is 0 Å². The molecule has 0 N–H and O–H groups in total. The maximum absolute atomic E-state index is 12.9. The number of aromatic nitrogens is 3. The lowest BCUT2D eigenvalue weighted by molar-refractivity contribution is -0.286. The summed E-state index contributed by atoms with van der Waals surface area (Å²) < 4.78 is 36.0. The van der Waals surface area contributed by atoms with Gasteiger partial charge in [-0.15, -0.1) is 13.9 Å². The van der Waals surface area contributed by atoms with Crippen LogP contribution in [0.1, 0.15) is 19.0 Å². The number of ether oxygens (including phenoxy) is 2. The number of benzene rings is 1. The second-order valence-corrected chi connectivity index (χ2v) is 4.20. The van der Waals surface area contributed by atoms with Crippen LogP contribution < -0.4 is 9.47 Å². The molecule has 5 nitrogen and oxygen atoms in total. The van der Waals surface area contributed by atoms with Crippen molar-refractivity contribution in [3.63, 3.8) is 0 Å². The van der Waals surface area contributed by atoms with Crippen molar-refractivity contribution in [3.05, 3.63) is 30.1 Å². The van der Waals surface area contributed by atoms with Crippen molar-refractivity contribution in [1.29, 1.82) is 0 Å². The molecule has 1 aromatic heterocycles. The van der Waals surface area contributed by atoms with Crippen molar-refractivity contribution in [2.75, 3.05) is 0 Å². The van der Waals surface area contributed by atoms with E-state index in [2.05, 4.69) is 19.8 Å². The van der Waals surface area contributed by atoms with Crippen molar-refractivity contribution in [1.82, 2.24) is 15.0 Å². The van der Waals surface area contributed by atoms with Gasteiger partial charge in [0.2, 0.25) is 0 Å². The second-order valence-electron chi connectivity index (χ2n) is 4.20. The molecule has 0 bridgehead atoms. The maximum Gasteiger partial charge on any atom is 0.586 e. The summed E-state index contributed by atoms with van der Waals surface area (Å²) in [7, 11) is 0. The van der Waals surface area contributed by atoms with Gasteiger partial charge in [0.15, 0.2) is 11.5 Å². The molecule has 2 heterocycles. The average Bonchev–Trinajstić information content (AvgIpc) is 2.90. The fourth-order valence-electron chi connectivity index (χ4n) is 1.88. The number of halogens is 2. The van der Waals surface area contributed by atoms with E-state index in [0.29, 0.717) is 5.69 Å². The minimum atomic E-state index is -3.60. The number of hydrogen-bond acceptors (Lipinski definition) is 4. The Bertz CT molecular complexity index is 613. The van der Waals surface area contributed by atoms with Gasteiger partial charge in [0.05, 0.1) is 17.6 Å². The molecule has 0 unspecified atom stereocenters. The highest BCUT2D eigenvalue weighted by molar-refractivity contribution is 5.50. The molecule has 0 atom stereocenters. The van der Waals surface area contributed by atoms with E-state index in [1.165, 1.54) is 16.8 Å². The minimum absolute atomic E-state index is 0.00459. The Hall–Kier alpha value is -2.18. The van der Waals surface area contributed by atoms with Crippen molar-refractivity contribution in [2.45, 2.75) is 26.1 Å². The molecule has 1 aliphatic rings. The van der Waals surface area contributed by atoms with Crippen LogP contribution >= 0.6 is 0 Å². The van der Waals surface area contributed by atoms with E-state index in [-0.39, 0.29) is 11.5 Å². The molecule has 1 aliphatic heterocycles.